The Morgan fingerprint density at radius 1 is 1.33 bits per heavy atom. The Morgan fingerprint density at radius 3 is 3.07 bits per heavy atom. The van der Waals surface area contributed by atoms with Gasteiger partial charge in [0.25, 0.3) is 0 Å². The summed E-state index contributed by atoms with van der Waals surface area (Å²) in [5.41, 5.74) is 3.85. The van der Waals surface area contributed by atoms with Crippen LogP contribution in [0.3, 0.4) is 0 Å². The number of pyridine rings is 1. The molecule has 78 valence electrons. The van der Waals surface area contributed by atoms with E-state index in [0.717, 1.165) is 11.6 Å². The molecule has 2 aromatic heterocycles. The van der Waals surface area contributed by atoms with Crippen molar-refractivity contribution in [3.05, 3.63) is 35.8 Å². The Morgan fingerprint density at radius 2 is 2.20 bits per heavy atom. The lowest BCUT2D eigenvalue weighted by atomic mass is 9.84. The zero-order valence-electron chi connectivity index (χ0n) is 9.27. The van der Waals surface area contributed by atoms with E-state index >= 15 is 0 Å². The molecule has 2 aromatic rings. The molecular weight excluding hydrogens is 184 g/mol. The predicted octanol–water partition coefficient (Wildman–Crippen LogP) is 3.02. The summed E-state index contributed by atoms with van der Waals surface area (Å²) in [6.45, 7) is 4.63. The first-order chi connectivity index (χ1) is 7.25. The Balaban J connectivity index is 2.27. The van der Waals surface area contributed by atoms with Crippen LogP contribution < -0.4 is 0 Å². The molecule has 0 amide bonds. The molecule has 0 saturated carbocycles. The van der Waals surface area contributed by atoms with Crippen molar-refractivity contribution in [2.75, 3.05) is 0 Å². The second kappa shape index (κ2) is 3.09. The van der Waals surface area contributed by atoms with Gasteiger partial charge in [0.15, 0.2) is 0 Å². The van der Waals surface area contributed by atoms with Crippen molar-refractivity contribution in [3.8, 4) is 0 Å². The number of imidazole rings is 1. The van der Waals surface area contributed by atoms with E-state index < -0.39 is 0 Å². The topological polar surface area (TPSA) is 17.3 Å². The van der Waals surface area contributed by atoms with E-state index in [-0.39, 0.29) is 0 Å². The molecule has 1 aliphatic rings. The second-order valence-electron chi connectivity index (χ2n) is 4.82. The third-order valence-electron chi connectivity index (χ3n) is 3.42. The van der Waals surface area contributed by atoms with Crippen molar-refractivity contribution in [1.29, 1.82) is 0 Å². The maximum absolute atomic E-state index is 4.73. The van der Waals surface area contributed by atoms with Crippen molar-refractivity contribution >= 4 is 5.65 Å². The third-order valence-corrected chi connectivity index (χ3v) is 3.42. The van der Waals surface area contributed by atoms with Gasteiger partial charge in [0.05, 0.1) is 5.69 Å². The highest BCUT2D eigenvalue weighted by molar-refractivity contribution is 5.44. The monoisotopic (exact) mass is 200 g/mol. The van der Waals surface area contributed by atoms with Crippen LogP contribution in [0.2, 0.25) is 0 Å². The summed E-state index contributed by atoms with van der Waals surface area (Å²) in [6, 6.07) is 6.23. The summed E-state index contributed by atoms with van der Waals surface area (Å²) in [5, 5.41) is 0. The van der Waals surface area contributed by atoms with Crippen LogP contribution in [0.4, 0.5) is 0 Å². The Labute approximate surface area is 90.0 Å². The van der Waals surface area contributed by atoms with E-state index in [2.05, 4.69) is 42.6 Å². The molecule has 0 radical (unpaired) electrons. The molecule has 3 rings (SSSR count). The Kier molecular flexibility index (Phi) is 1.84. The minimum atomic E-state index is 0.614. The van der Waals surface area contributed by atoms with Crippen LogP contribution in [-0.2, 0) is 6.42 Å². The fraction of sp³-hybridized carbons (Fsp3) is 0.462. The summed E-state index contributed by atoms with van der Waals surface area (Å²) < 4.78 is 2.25. The molecule has 0 aliphatic heterocycles. The van der Waals surface area contributed by atoms with E-state index in [1.165, 1.54) is 24.2 Å². The number of hydrogen-bond donors (Lipinski definition) is 0. The van der Waals surface area contributed by atoms with E-state index in [1.54, 1.807) is 0 Å². The van der Waals surface area contributed by atoms with Gasteiger partial charge in [-0.1, -0.05) is 19.9 Å². The molecule has 2 heteroatoms. The largest absolute Gasteiger partial charge is 0.304 e. The van der Waals surface area contributed by atoms with Gasteiger partial charge in [0.2, 0.25) is 0 Å². The summed E-state index contributed by atoms with van der Waals surface area (Å²) in [4.78, 5) is 4.73. The third kappa shape index (κ3) is 1.28. The molecule has 0 bridgehead atoms. The lowest BCUT2D eigenvalue weighted by molar-refractivity contribution is 0.438. The van der Waals surface area contributed by atoms with Crippen molar-refractivity contribution in [2.45, 2.75) is 32.6 Å². The highest BCUT2D eigenvalue weighted by Gasteiger charge is 2.25. The summed E-state index contributed by atoms with van der Waals surface area (Å²) in [5.74, 6) is 1.40. The lowest BCUT2D eigenvalue weighted by Gasteiger charge is -2.23. The maximum Gasteiger partial charge on any atom is 0.137 e. The molecule has 15 heavy (non-hydrogen) atoms. The SMILES string of the molecule is CC1Cc2c(nc3ccccn23)C(C)C1. The van der Waals surface area contributed by atoms with Gasteiger partial charge in [-0.3, -0.25) is 0 Å². The molecule has 2 nitrogen and oxygen atoms in total. The normalized spacial score (nSPS) is 25.5. The number of hydrogen-bond acceptors (Lipinski definition) is 1. The first-order valence-electron chi connectivity index (χ1n) is 5.71. The van der Waals surface area contributed by atoms with Crippen molar-refractivity contribution in [1.82, 2.24) is 9.38 Å². The molecule has 0 spiro atoms. The zero-order chi connectivity index (χ0) is 10.4. The zero-order valence-corrected chi connectivity index (χ0v) is 9.27. The smallest absolute Gasteiger partial charge is 0.137 e. The molecule has 0 fully saturated rings. The highest BCUT2D eigenvalue weighted by Crippen LogP contribution is 2.34. The van der Waals surface area contributed by atoms with Crippen molar-refractivity contribution in [2.24, 2.45) is 5.92 Å². The van der Waals surface area contributed by atoms with E-state index in [0.29, 0.717) is 5.92 Å². The van der Waals surface area contributed by atoms with Gasteiger partial charge in [-0.05, 0) is 30.9 Å². The van der Waals surface area contributed by atoms with Gasteiger partial charge in [0, 0.05) is 17.8 Å². The van der Waals surface area contributed by atoms with Crippen LogP contribution in [0, 0.1) is 5.92 Å². The van der Waals surface area contributed by atoms with Gasteiger partial charge < -0.3 is 4.40 Å². The lowest BCUT2D eigenvalue weighted by Crippen LogP contribution is -2.15. The van der Waals surface area contributed by atoms with E-state index in [4.69, 9.17) is 4.98 Å². The quantitative estimate of drug-likeness (QED) is 0.639. The molecule has 0 saturated heterocycles. The number of nitrogens with zero attached hydrogens (tertiary/aromatic N) is 2. The first kappa shape index (κ1) is 8.96. The Hall–Kier alpha value is -1.31. The van der Waals surface area contributed by atoms with Gasteiger partial charge in [-0.15, -0.1) is 0 Å². The van der Waals surface area contributed by atoms with Crippen LogP contribution >= 0.6 is 0 Å². The molecule has 2 heterocycles. The van der Waals surface area contributed by atoms with Crippen LogP contribution in [0.15, 0.2) is 24.4 Å². The standard InChI is InChI=1S/C13H16N2/c1-9-7-10(2)13-11(8-9)15-6-4-3-5-12(15)14-13/h3-6,9-10H,7-8H2,1-2H3. The molecule has 0 aromatic carbocycles. The van der Waals surface area contributed by atoms with Gasteiger partial charge >= 0.3 is 0 Å². The molecular formula is C13H16N2. The van der Waals surface area contributed by atoms with Crippen molar-refractivity contribution in [3.63, 3.8) is 0 Å². The van der Waals surface area contributed by atoms with Gasteiger partial charge in [-0.25, -0.2) is 4.98 Å². The van der Waals surface area contributed by atoms with Crippen LogP contribution in [-0.4, -0.2) is 9.38 Å². The minimum Gasteiger partial charge on any atom is -0.304 e. The fourth-order valence-electron chi connectivity index (χ4n) is 2.79. The fourth-order valence-corrected chi connectivity index (χ4v) is 2.79. The van der Waals surface area contributed by atoms with Crippen LogP contribution in [0.25, 0.3) is 5.65 Å². The first-order valence-corrected chi connectivity index (χ1v) is 5.71. The number of aromatic nitrogens is 2. The highest BCUT2D eigenvalue weighted by atomic mass is 15.0. The molecule has 0 N–H and O–H groups in total. The maximum atomic E-state index is 4.73. The van der Waals surface area contributed by atoms with Gasteiger partial charge in [0.1, 0.15) is 5.65 Å². The van der Waals surface area contributed by atoms with E-state index in [1.807, 2.05) is 0 Å². The minimum absolute atomic E-state index is 0.614. The summed E-state index contributed by atoms with van der Waals surface area (Å²) in [7, 11) is 0. The van der Waals surface area contributed by atoms with Gasteiger partial charge in [-0.2, -0.15) is 0 Å². The van der Waals surface area contributed by atoms with Crippen molar-refractivity contribution < 1.29 is 0 Å². The molecule has 1 aliphatic carbocycles. The summed E-state index contributed by atoms with van der Waals surface area (Å²) >= 11 is 0. The van der Waals surface area contributed by atoms with Crippen LogP contribution in [0.1, 0.15) is 37.6 Å². The molecule has 2 unspecified atom stereocenters. The number of rotatable bonds is 0. The molecule has 2 atom stereocenters. The number of fused-ring (bicyclic) bond motifs is 3. The Bertz CT molecular complexity index is 498. The summed E-state index contributed by atoms with van der Waals surface area (Å²) in [6.07, 6.45) is 4.58. The average Bonchev–Trinajstić information content (AvgIpc) is 2.57. The second-order valence-corrected chi connectivity index (χ2v) is 4.82. The van der Waals surface area contributed by atoms with E-state index in [9.17, 15) is 0 Å². The average molecular weight is 200 g/mol. The predicted molar refractivity (Wildman–Crippen MR) is 61.1 cm³/mol. The van der Waals surface area contributed by atoms with Crippen LogP contribution in [0.5, 0.6) is 0 Å².